The number of hydrogen-bond donors (Lipinski definition) is 0. The maximum Gasteiger partial charge on any atom is 0.441 e. The van der Waals surface area contributed by atoms with Gasteiger partial charge in [0.05, 0.1) is 19.6 Å². The second-order valence-electron chi connectivity index (χ2n) is 5.33. The van der Waals surface area contributed by atoms with Crippen molar-refractivity contribution in [2.75, 3.05) is 13.2 Å². The van der Waals surface area contributed by atoms with Gasteiger partial charge in [0, 0.05) is 13.5 Å². The minimum absolute atomic E-state index is 0.260. The first-order valence-electron chi connectivity index (χ1n) is 7.12. The number of benzene rings is 1. The molecule has 0 aliphatic carbocycles. The second-order valence-corrected chi connectivity index (χ2v) is 5.33. The molecule has 1 aromatic heterocycles. The average Bonchev–Trinajstić information content (AvgIpc) is 3.10. The van der Waals surface area contributed by atoms with Crippen LogP contribution in [0.4, 0.5) is 4.39 Å². The molecule has 1 aliphatic heterocycles. The van der Waals surface area contributed by atoms with Gasteiger partial charge in [-0.1, -0.05) is 17.3 Å². The molecular formula is C15H17FN2O4. The summed E-state index contributed by atoms with van der Waals surface area (Å²) < 4.78 is 30.4. The standard InChI is InChI=1S/C15H17FN2O4/c1-18-13(17-22-14(18)19)10-15(20-8-9-21-15)7-6-11-2-4-12(16)5-3-11/h2-5H,6-10H2,1H3. The molecule has 0 amide bonds. The summed E-state index contributed by atoms with van der Waals surface area (Å²) in [6.07, 6.45) is 1.59. The summed E-state index contributed by atoms with van der Waals surface area (Å²) in [6, 6.07) is 6.34. The Labute approximate surface area is 126 Å². The summed E-state index contributed by atoms with van der Waals surface area (Å²) in [5.41, 5.74) is 0.994. The average molecular weight is 308 g/mol. The van der Waals surface area contributed by atoms with E-state index in [-0.39, 0.29) is 5.82 Å². The molecule has 1 aliphatic rings. The minimum Gasteiger partial charge on any atom is -0.347 e. The molecule has 1 fully saturated rings. The first-order valence-corrected chi connectivity index (χ1v) is 7.12. The van der Waals surface area contributed by atoms with Gasteiger partial charge in [-0.05, 0) is 24.1 Å². The molecule has 0 bridgehead atoms. The van der Waals surface area contributed by atoms with Crippen molar-refractivity contribution in [1.82, 2.24) is 9.72 Å². The van der Waals surface area contributed by atoms with E-state index in [2.05, 4.69) is 9.68 Å². The molecular weight excluding hydrogens is 291 g/mol. The van der Waals surface area contributed by atoms with Crippen LogP contribution in [0, 0.1) is 5.82 Å². The zero-order chi connectivity index (χ0) is 15.6. The van der Waals surface area contributed by atoms with Gasteiger partial charge < -0.3 is 9.47 Å². The van der Waals surface area contributed by atoms with Gasteiger partial charge in [0.25, 0.3) is 0 Å². The number of halogens is 1. The molecule has 2 heterocycles. The largest absolute Gasteiger partial charge is 0.441 e. The number of hydrogen-bond acceptors (Lipinski definition) is 5. The third kappa shape index (κ3) is 3.10. The van der Waals surface area contributed by atoms with Crippen molar-refractivity contribution in [2.45, 2.75) is 25.0 Å². The fraction of sp³-hybridized carbons (Fsp3) is 0.467. The van der Waals surface area contributed by atoms with Crippen LogP contribution in [0.25, 0.3) is 0 Å². The summed E-state index contributed by atoms with van der Waals surface area (Å²) in [7, 11) is 1.59. The van der Waals surface area contributed by atoms with Crippen molar-refractivity contribution in [3.8, 4) is 0 Å². The van der Waals surface area contributed by atoms with Crippen molar-refractivity contribution in [1.29, 1.82) is 0 Å². The zero-order valence-corrected chi connectivity index (χ0v) is 12.3. The lowest BCUT2D eigenvalue weighted by molar-refractivity contribution is -0.162. The highest BCUT2D eigenvalue weighted by Gasteiger charge is 2.38. The van der Waals surface area contributed by atoms with Crippen molar-refractivity contribution < 1.29 is 18.4 Å². The Morgan fingerprint density at radius 1 is 1.27 bits per heavy atom. The summed E-state index contributed by atoms with van der Waals surface area (Å²) in [5, 5.41) is 3.76. The monoisotopic (exact) mass is 308 g/mol. The van der Waals surface area contributed by atoms with Crippen LogP contribution in [-0.4, -0.2) is 28.7 Å². The predicted molar refractivity (Wildman–Crippen MR) is 74.8 cm³/mol. The van der Waals surface area contributed by atoms with Gasteiger partial charge in [0.2, 0.25) is 0 Å². The molecule has 2 aromatic rings. The molecule has 1 aromatic carbocycles. The molecule has 0 atom stereocenters. The highest BCUT2D eigenvalue weighted by atomic mass is 19.1. The van der Waals surface area contributed by atoms with Crippen LogP contribution >= 0.6 is 0 Å². The Hall–Kier alpha value is -1.99. The summed E-state index contributed by atoms with van der Waals surface area (Å²) in [6.45, 7) is 0.991. The summed E-state index contributed by atoms with van der Waals surface area (Å²) in [4.78, 5) is 11.3. The van der Waals surface area contributed by atoms with E-state index in [4.69, 9.17) is 9.47 Å². The fourth-order valence-corrected chi connectivity index (χ4v) is 2.53. The van der Waals surface area contributed by atoms with Crippen LogP contribution in [0.3, 0.4) is 0 Å². The van der Waals surface area contributed by atoms with Crippen molar-refractivity contribution in [3.63, 3.8) is 0 Å². The predicted octanol–water partition coefficient (Wildman–Crippen LogP) is 1.43. The Bertz CT molecular complexity index is 686. The van der Waals surface area contributed by atoms with Crippen molar-refractivity contribution >= 4 is 0 Å². The molecule has 1 saturated heterocycles. The van der Waals surface area contributed by atoms with Gasteiger partial charge in [0.1, 0.15) is 5.82 Å². The van der Waals surface area contributed by atoms with Crippen LogP contribution < -0.4 is 5.76 Å². The second kappa shape index (κ2) is 6.02. The number of aryl methyl sites for hydroxylation is 1. The number of rotatable bonds is 5. The fourth-order valence-electron chi connectivity index (χ4n) is 2.53. The number of ether oxygens (including phenoxy) is 2. The van der Waals surface area contributed by atoms with Crippen LogP contribution in [0.5, 0.6) is 0 Å². The smallest absolute Gasteiger partial charge is 0.347 e. The Morgan fingerprint density at radius 2 is 1.95 bits per heavy atom. The topological polar surface area (TPSA) is 66.5 Å². The first-order chi connectivity index (χ1) is 10.6. The molecule has 0 unspecified atom stereocenters. The van der Waals surface area contributed by atoms with Crippen LogP contribution in [-0.2, 0) is 29.4 Å². The van der Waals surface area contributed by atoms with Crippen LogP contribution in [0.15, 0.2) is 33.6 Å². The summed E-state index contributed by atoms with van der Waals surface area (Å²) in [5.74, 6) is -1.12. The molecule has 22 heavy (non-hydrogen) atoms. The van der Waals surface area contributed by atoms with Crippen LogP contribution in [0.1, 0.15) is 17.8 Å². The van der Waals surface area contributed by atoms with Crippen LogP contribution in [0.2, 0.25) is 0 Å². The quantitative estimate of drug-likeness (QED) is 0.836. The van der Waals surface area contributed by atoms with Gasteiger partial charge in [-0.2, -0.15) is 0 Å². The molecule has 0 saturated carbocycles. The molecule has 0 N–H and O–H groups in total. The Balaban J connectivity index is 1.72. The van der Waals surface area contributed by atoms with E-state index in [1.165, 1.54) is 16.7 Å². The number of aromatic nitrogens is 2. The maximum absolute atomic E-state index is 12.9. The molecule has 3 rings (SSSR count). The van der Waals surface area contributed by atoms with E-state index in [1.54, 1.807) is 19.2 Å². The third-order valence-electron chi connectivity index (χ3n) is 3.84. The Kier molecular flexibility index (Phi) is 4.08. The highest BCUT2D eigenvalue weighted by Crippen LogP contribution is 2.28. The van der Waals surface area contributed by atoms with Gasteiger partial charge in [0.15, 0.2) is 11.6 Å². The van der Waals surface area contributed by atoms with E-state index in [1.807, 2.05) is 0 Å². The van der Waals surface area contributed by atoms with Crippen molar-refractivity contribution in [2.24, 2.45) is 7.05 Å². The SMILES string of the molecule is Cn1c(CC2(CCc3ccc(F)cc3)OCCO2)noc1=O. The normalized spacial score (nSPS) is 17.0. The van der Waals surface area contributed by atoms with Gasteiger partial charge in [-0.25, -0.2) is 9.18 Å². The zero-order valence-electron chi connectivity index (χ0n) is 12.3. The lowest BCUT2D eigenvalue weighted by Crippen LogP contribution is -2.35. The molecule has 0 radical (unpaired) electrons. The lowest BCUT2D eigenvalue weighted by Gasteiger charge is -2.26. The Morgan fingerprint density at radius 3 is 2.55 bits per heavy atom. The number of nitrogens with zero attached hydrogens (tertiary/aromatic N) is 2. The minimum atomic E-state index is -0.824. The van der Waals surface area contributed by atoms with E-state index < -0.39 is 11.5 Å². The van der Waals surface area contributed by atoms with E-state index in [0.717, 1.165) is 5.56 Å². The molecule has 6 nitrogen and oxygen atoms in total. The molecule has 118 valence electrons. The lowest BCUT2D eigenvalue weighted by atomic mass is 10.0. The maximum atomic E-state index is 12.9. The molecule has 7 heteroatoms. The van der Waals surface area contributed by atoms with Gasteiger partial charge >= 0.3 is 5.76 Å². The van der Waals surface area contributed by atoms with E-state index >= 15 is 0 Å². The summed E-state index contributed by atoms with van der Waals surface area (Å²) >= 11 is 0. The third-order valence-corrected chi connectivity index (χ3v) is 3.84. The van der Waals surface area contributed by atoms with Crippen molar-refractivity contribution in [3.05, 3.63) is 52.0 Å². The molecule has 0 spiro atoms. The van der Waals surface area contributed by atoms with Gasteiger partial charge in [-0.3, -0.25) is 9.09 Å². The highest BCUT2D eigenvalue weighted by molar-refractivity contribution is 5.16. The van der Waals surface area contributed by atoms with E-state index in [9.17, 15) is 9.18 Å². The van der Waals surface area contributed by atoms with Gasteiger partial charge in [-0.15, -0.1) is 0 Å². The van der Waals surface area contributed by atoms with E-state index in [0.29, 0.717) is 38.3 Å². The first kappa shape index (κ1) is 14.9.